The van der Waals surface area contributed by atoms with E-state index < -0.39 is 0 Å². The Balaban J connectivity index is 2.45. The second-order valence-electron chi connectivity index (χ2n) is 3.73. The average molecular weight is 407 g/mol. The zero-order valence-corrected chi connectivity index (χ0v) is 14.8. The Hall–Kier alpha value is 0.190. The molecule has 96 valence electrons. The average Bonchev–Trinajstić information content (AvgIpc) is 2.71. The molecule has 18 heavy (non-hydrogen) atoms. The molecule has 2 rings (SSSR count). The van der Waals surface area contributed by atoms with Gasteiger partial charge in [0.25, 0.3) is 0 Å². The molecule has 0 bridgehead atoms. The van der Waals surface area contributed by atoms with Crippen LogP contribution in [0.25, 0.3) is 0 Å². The van der Waals surface area contributed by atoms with Crippen LogP contribution in [-0.2, 0) is 0 Å². The number of benzene rings is 1. The Kier molecular flexibility index (Phi) is 5.33. The van der Waals surface area contributed by atoms with E-state index in [1.807, 2.05) is 7.05 Å². The molecule has 0 saturated heterocycles. The lowest BCUT2D eigenvalue weighted by atomic mass is 10.1. The number of hydrogen-bond acceptors (Lipinski definition) is 3. The summed E-state index contributed by atoms with van der Waals surface area (Å²) in [7, 11) is 2.00. The summed E-state index contributed by atoms with van der Waals surface area (Å²) in [5.41, 5.74) is 1.33. The van der Waals surface area contributed by atoms with Crippen molar-refractivity contribution in [1.82, 2.24) is 5.32 Å². The standard InChI is InChI=1S/C13H13Br2NS2/c1-16-12(11-7-9(14)13(15)18-11)8-5-3-4-6-10(8)17-2/h3-7,12,16H,1-2H3. The van der Waals surface area contributed by atoms with Crippen molar-refractivity contribution in [3.63, 3.8) is 0 Å². The highest BCUT2D eigenvalue weighted by Gasteiger charge is 2.18. The van der Waals surface area contributed by atoms with Crippen LogP contribution in [0.15, 0.2) is 43.5 Å². The van der Waals surface area contributed by atoms with Gasteiger partial charge in [-0.05, 0) is 62.9 Å². The molecule has 1 aromatic heterocycles. The van der Waals surface area contributed by atoms with Crippen LogP contribution in [0.3, 0.4) is 0 Å². The number of rotatable bonds is 4. The van der Waals surface area contributed by atoms with Gasteiger partial charge in [0.2, 0.25) is 0 Å². The summed E-state index contributed by atoms with van der Waals surface area (Å²) in [5, 5.41) is 3.41. The zero-order chi connectivity index (χ0) is 13.1. The van der Waals surface area contributed by atoms with Gasteiger partial charge in [0, 0.05) is 14.2 Å². The van der Waals surface area contributed by atoms with Crippen LogP contribution in [0.2, 0.25) is 0 Å². The highest BCUT2D eigenvalue weighted by atomic mass is 79.9. The third-order valence-corrected chi connectivity index (χ3v) is 6.82. The molecule has 0 spiro atoms. The molecule has 2 aromatic rings. The van der Waals surface area contributed by atoms with E-state index in [0.717, 1.165) is 8.26 Å². The second-order valence-corrected chi connectivity index (χ2v) is 7.84. The van der Waals surface area contributed by atoms with E-state index >= 15 is 0 Å². The minimum Gasteiger partial charge on any atom is -0.309 e. The van der Waals surface area contributed by atoms with E-state index in [9.17, 15) is 0 Å². The predicted molar refractivity (Wildman–Crippen MR) is 88.8 cm³/mol. The van der Waals surface area contributed by atoms with Crippen molar-refractivity contribution in [2.75, 3.05) is 13.3 Å². The monoisotopic (exact) mass is 405 g/mol. The Morgan fingerprint density at radius 1 is 1.28 bits per heavy atom. The molecule has 1 aromatic carbocycles. The van der Waals surface area contributed by atoms with Gasteiger partial charge in [-0.15, -0.1) is 23.1 Å². The summed E-state index contributed by atoms with van der Waals surface area (Å²) >= 11 is 10.7. The number of hydrogen-bond donors (Lipinski definition) is 1. The van der Waals surface area contributed by atoms with Crippen molar-refractivity contribution >= 4 is 55.0 Å². The Morgan fingerprint density at radius 3 is 2.56 bits per heavy atom. The molecule has 0 aliphatic carbocycles. The van der Waals surface area contributed by atoms with Crippen molar-refractivity contribution in [1.29, 1.82) is 0 Å². The van der Waals surface area contributed by atoms with Crippen LogP contribution >= 0.6 is 55.0 Å². The first kappa shape index (κ1) is 14.6. The van der Waals surface area contributed by atoms with Crippen LogP contribution in [0.4, 0.5) is 0 Å². The maximum atomic E-state index is 3.56. The smallest absolute Gasteiger partial charge is 0.0843 e. The molecule has 0 aliphatic heterocycles. The maximum Gasteiger partial charge on any atom is 0.0843 e. The number of thioether (sulfide) groups is 1. The van der Waals surface area contributed by atoms with Gasteiger partial charge in [0.1, 0.15) is 0 Å². The van der Waals surface area contributed by atoms with Crippen LogP contribution in [0, 0.1) is 0 Å². The summed E-state index contributed by atoms with van der Waals surface area (Å²) in [5.74, 6) is 0. The SMILES string of the molecule is CNC(c1cc(Br)c(Br)s1)c1ccccc1SC. The summed E-state index contributed by atoms with van der Waals surface area (Å²) in [6.07, 6.45) is 2.12. The van der Waals surface area contributed by atoms with Crippen molar-refractivity contribution in [3.8, 4) is 0 Å². The van der Waals surface area contributed by atoms with Crippen molar-refractivity contribution in [2.45, 2.75) is 10.9 Å². The molecule has 0 amide bonds. The molecular formula is C13H13Br2NS2. The number of thiophene rings is 1. The predicted octanol–water partition coefficient (Wildman–Crippen LogP) is 5.30. The van der Waals surface area contributed by atoms with Gasteiger partial charge in [0.15, 0.2) is 0 Å². The van der Waals surface area contributed by atoms with Crippen LogP contribution < -0.4 is 5.32 Å². The normalized spacial score (nSPS) is 12.7. The molecule has 1 heterocycles. The summed E-state index contributed by atoms with van der Waals surface area (Å²) in [6, 6.07) is 10.9. The van der Waals surface area contributed by atoms with Gasteiger partial charge in [-0.1, -0.05) is 18.2 Å². The molecule has 1 nitrogen and oxygen atoms in total. The lowest BCUT2D eigenvalue weighted by Crippen LogP contribution is -2.17. The first-order chi connectivity index (χ1) is 8.67. The Bertz CT molecular complexity index is 520. The summed E-state index contributed by atoms with van der Waals surface area (Å²) in [4.78, 5) is 2.62. The first-order valence-corrected chi connectivity index (χ1v) is 9.05. The summed E-state index contributed by atoms with van der Waals surface area (Å²) in [6.45, 7) is 0. The minimum atomic E-state index is 0.237. The first-order valence-electron chi connectivity index (χ1n) is 5.42. The quantitative estimate of drug-likeness (QED) is 0.691. The van der Waals surface area contributed by atoms with Crippen molar-refractivity contribution < 1.29 is 0 Å². The molecule has 5 heteroatoms. The van der Waals surface area contributed by atoms with Gasteiger partial charge in [0.05, 0.1) is 9.83 Å². The summed E-state index contributed by atoms with van der Waals surface area (Å²) < 4.78 is 2.25. The number of nitrogens with one attached hydrogen (secondary N) is 1. The van der Waals surface area contributed by atoms with E-state index in [0.29, 0.717) is 0 Å². The van der Waals surface area contributed by atoms with Gasteiger partial charge >= 0.3 is 0 Å². The molecule has 0 saturated carbocycles. The lowest BCUT2D eigenvalue weighted by molar-refractivity contribution is 0.692. The van der Waals surface area contributed by atoms with Crippen molar-refractivity contribution in [3.05, 3.63) is 49.0 Å². The van der Waals surface area contributed by atoms with E-state index in [4.69, 9.17) is 0 Å². The third-order valence-electron chi connectivity index (χ3n) is 2.69. The van der Waals surface area contributed by atoms with E-state index in [1.165, 1.54) is 15.3 Å². The molecule has 1 unspecified atom stereocenters. The maximum absolute atomic E-state index is 3.56. The lowest BCUT2D eigenvalue weighted by Gasteiger charge is -2.17. The number of halogens is 2. The molecule has 0 radical (unpaired) electrons. The van der Waals surface area contributed by atoms with Gasteiger partial charge in [-0.3, -0.25) is 0 Å². The molecule has 0 fully saturated rings. The minimum absolute atomic E-state index is 0.237. The second kappa shape index (κ2) is 6.57. The fourth-order valence-corrected chi connectivity index (χ4v) is 4.72. The van der Waals surface area contributed by atoms with Gasteiger partial charge < -0.3 is 5.32 Å². The molecule has 1 atom stereocenters. The van der Waals surface area contributed by atoms with Crippen molar-refractivity contribution in [2.24, 2.45) is 0 Å². The molecule has 0 aliphatic rings. The van der Waals surface area contributed by atoms with Crippen LogP contribution in [-0.4, -0.2) is 13.3 Å². The van der Waals surface area contributed by atoms with Gasteiger partial charge in [-0.2, -0.15) is 0 Å². The highest BCUT2D eigenvalue weighted by Crippen LogP contribution is 2.39. The Labute approximate surface area is 133 Å². The molecular weight excluding hydrogens is 394 g/mol. The molecule has 1 N–H and O–H groups in total. The topological polar surface area (TPSA) is 12.0 Å². The van der Waals surface area contributed by atoms with Crippen LogP contribution in [0.1, 0.15) is 16.5 Å². The fourth-order valence-electron chi connectivity index (χ4n) is 1.86. The zero-order valence-electron chi connectivity index (χ0n) is 10.0. The Morgan fingerprint density at radius 2 is 2.00 bits per heavy atom. The fraction of sp³-hybridized carbons (Fsp3) is 0.231. The van der Waals surface area contributed by atoms with E-state index in [-0.39, 0.29) is 6.04 Å². The third kappa shape index (κ3) is 3.02. The largest absolute Gasteiger partial charge is 0.309 e. The van der Waals surface area contributed by atoms with E-state index in [2.05, 4.69) is 73.8 Å². The van der Waals surface area contributed by atoms with Gasteiger partial charge in [-0.25, -0.2) is 0 Å². The highest BCUT2D eigenvalue weighted by molar-refractivity contribution is 9.13. The van der Waals surface area contributed by atoms with E-state index in [1.54, 1.807) is 23.1 Å². The van der Waals surface area contributed by atoms with Crippen LogP contribution in [0.5, 0.6) is 0 Å².